The van der Waals surface area contributed by atoms with Gasteiger partial charge in [-0.3, -0.25) is 4.98 Å². The number of aromatic nitrogens is 1. The molecule has 0 aliphatic heterocycles. The van der Waals surface area contributed by atoms with Gasteiger partial charge < -0.3 is 0 Å². The zero-order valence-corrected chi connectivity index (χ0v) is 8.86. The fraction of sp³-hybridized carbons (Fsp3) is 0.143. The van der Waals surface area contributed by atoms with E-state index in [0.717, 1.165) is 6.07 Å². The van der Waals surface area contributed by atoms with Gasteiger partial charge in [0.15, 0.2) is 5.82 Å². The molecule has 1 heterocycles. The molecule has 16 heavy (non-hydrogen) atoms. The molecule has 0 aliphatic carbocycles. The van der Waals surface area contributed by atoms with Crippen LogP contribution >= 0.6 is 10.7 Å². The summed E-state index contributed by atoms with van der Waals surface area (Å²) in [5.74, 6) is -1.45. The molecule has 0 amide bonds. The summed E-state index contributed by atoms with van der Waals surface area (Å²) in [6.45, 7) is 0. The van der Waals surface area contributed by atoms with Crippen molar-refractivity contribution in [1.82, 2.24) is 4.98 Å². The number of hydrogen-bond donors (Lipinski definition) is 0. The molecule has 0 bridgehead atoms. The lowest BCUT2D eigenvalue weighted by Gasteiger charge is -2.05. The van der Waals surface area contributed by atoms with Gasteiger partial charge in [-0.05, 0) is 0 Å². The number of nitriles is 1. The Balaban J connectivity index is 3.74. The zero-order valence-electron chi connectivity index (χ0n) is 7.29. The van der Waals surface area contributed by atoms with Crippen molar-refractivity contribution in [2.24, 2.45) is 0 Å². The molecule has 0 atom stereocenters. The van der Waals surface area contributed by atoms with Gasteiger partial charge in [0.1, 0.15) is 22.2 Å². The Morgan fingerprint density at radius 2 is 2.06 bits per heavy atom. The normalized spacial score (nSPS) is 11.5. The van der Waals surface area contributed by atoms with Crippen LogP contribution in [0.15, 0.2) is 11.1 Å². The smallest absolute Gasteiger partial charge is 0.251 e. The summed E-state index contributed by atoms with van der Waals surface area (Å²) >= 11 is 0. The topological polar surface area (TPSA) is 70.8 Å². The fourth-order valence-electron chi connectivity index (χ4n) is 0.997. The van der Waals surface area contributed by atoms with E-state index in [9.17, 15) is 21.6 Å². The third-order valence-electron chi connectivity index (χ3n) is 1.58. The van der Waals surface area contributed by atoms with E-state index in [1.807, 2.05) is 0 Å². The van der Waals surface area contributed by atoms with Gasteiger partial charge in [-0.15, -0.1) is 0 Å². The molecular formula is C7H2ClF3N2O2S. The van der Waals surface area contributed by atoms with E-state index in [1.165, 1.54) is 0 Å². The third kappa shape index (κ3) is 2.25. The maximum Gasteiger partial charge on any atom is 0.281 e. The highest BCUT2D eigenvalue weighted by Crippen LogP contribution is 2.29. The van der Waals surface area contributed by atoms with Crippen molar-refractivity contribution in [3.63, 3.8) is 0 Å². The Morgan fingerprint density at radius 3 is 2.44 bits per heavy atom. The van der Waals surface area contributed by atoms with Gasteiger partial charge in [0, 0.05) is 10.7 Å². The predicted octanol–water partition coefficient (Wildman–Crippen LogP) is 1.96. The second kappa shape index (κ2) is 4.27. The van der Waals surface area contributed by atoms with Crippen LogP contribution in [0.25, 0.3) is 0 Å². The standard InChI is InChI=1S/C7H2ClF3N2O2S/c8-16(14,15)6-3(1-12)5(7(10)11)13-2-4(6)9/h2,7H. The molecule has 0 aromatic carbocycles. The average molecular weight is 271 g/mol. The van der Waals surface area contributed by atoms with Crippen molar-refractivity contribution in [2.75, 3.05) is 0 Å². The van der Waals surface area contributed by atoms with Crippen LogP contribution in [0.3, 0.4) is 0 Å². The summed E-state index contributed by atoms with van der Waals surface area (Å²) < 4.78 is 59.6. The highest BCUT2D eigenvalue weighted by Gasteiger charge is 2.28. The molecule has 0 saturated carbocycles. The highest BCUT2D eigenvalue weighted by molar-refractivity contribution is 8.13. The van der Waals surface area contributed by atoms with Crippen LogP contribution in [-0.4, -0.2) is 13.4 Å². The van der Waals surface area contributed by atoms with E-state index in [2.05, 4.69) is 4.98 Å². The lowest BCUT2D eigenvalue weighted by atomic mass is 10.2. The van der Waals surface area contributed by atoms with Crippen molar-refractivity contribution in [3.8, 4) is 6.07 Å². The van der Waals surface area contributed by atoms with Crippen LogP contribution < -0.4 is 0 Å². The van der Waals surface area contributed by atoms with Gasteiger partial charge in [0.2, 0.25) is 0 Å². The molecule has 0 aliphatic rings. The van der Waals surface area contributed by atoms with Crippen LogP contribution in [0.2, 0.25) is 0 Å². The molecule has 9 heteroatoms. The van der Waals surface area contributed by atoms with Gasteiger partial charge in [0.05, 0.1) is 6.20 Å². The quantitative estimate of drug-likeness (QED) is 0.770. The van der Waals surface area contributed by atoms with Gasteiger partial charge >= 0.3 is 0 Å². The van der Waals surface area contributed by atoms with Crippen molar-refractivity contribution >= 4 is 19.7 Å². The van der Waals surface area contributed by atoms with Crippen molar-refractivity contribution in [3.05, 3.63) is 23.3 Å². The summed E-state index contributed by atoms with van der Waals surface area (Å²) in [7, 11) is 0.202. The van der Waals surface area contributed by atoms with Crippen molar-refractivity contribution in [1.29, 1.82) is 5.26 Å². The molecule has 0 saturated heterocycles. The van der Waals surface area contributed by atoms with Crippen LogP contribution in [0.1, 0.15) is 17.7 Å². The Labute approximate surface area is 92.7 Å². The molecule has 0 unspecified atom stereocenters. The monoisotopic (exact) mass is 270 g/mol. The number of nitrogens with zero attached hydrogens (tertiary/aromatic N) is 2. The molecule has 1 aromatic rings. The lowest BCUT2D eigenvalue weighted by Crippen LogP contribution is -2.06. The zero-order chi connectivity index (χ0) is 12.5. The van der Waals surface area contributed by atoms with Crippen molar-refractivity contribution in [2.45, 2.75) is 11.3 Å². The van der Waals surface area contributed by atoms with E-state index in [4.69, 9.17) is 15.9 Å². The number of rotatable bonds is 2. The molecule has 0 radical (unpaired) electrons. The van der Waals surface area contributed by atoms with E-state index in [1.54, 1.807) is 0 Å². The minimum atomic E-state index is -4.63. The summed E-state index contributed by atoms with van der Waals surface area (Å²) in [6, 6.07) is 1.15. The Morgan fingerprint density at radius 1 is 1.50 bits per heavy atom. The number of pyridine rings is 1. The molecule has 0 spiro atoms. The lowest BCUT2D eigenvalue weighted by molar-refractivity contribution is 0.145. The maximum absolute atomic E-state index is 13.1. The first-order valence-corrected chi connectivity index (χ1v) is 5.91. The Bertz CT molecular complexity index is 568. The third-order valence-corrected chi connectivity index (χ3v) is 2.93. The van der Waals surface area contributed by atoms with Crippen LogP contribution in [0.5, 0.6) is 0 Å². The number of alkyl halides is 2. The van der Waals surface area contributed by atoms with Gasteiger partial charge in [-0.1, -0.05) is 0 Å². The molecular weight excluding hydrogens is 269 g/mol. The Kier molecular flexibility index (Phi) is 3.40. The van der Waals surface area contributed by atoms with Crippen LogP contribution in [0.4, 0.5) is 13.2 Å². The molecule has 0 N–H and O–H groups in total. The average Bonchev–Trinajstić information content (AvgIpc) is 2.14. The molecule has 1 rings (SSSR count). The van der Waals surface area contributed by atoms with Crippen LogP contribution in [0, 0.1) is 17.1 Å². The first-order chi connectivity index (χ1) is 7.29. The predicted molar refractivity (Wildman–Crippen MR) is 46.9 cm³/mol. The summed E-state index contributed by atoms with van der Waals surface area (Å²) in [4.78, 5) is 1.68. The first-order valence-electron chi connectivity index (χ1n) is 3.60. The number of halogens is 4. The number of hydrogen-bond acceptors (Lipinski definition) is 4. The van der Waals surface area contributed by atoms with Gasteiger partial charge in [-0.25, -0.2) is 21.6 Å². The molecule has 1 aromatic heterocycles. The molecule has 86 valence electrons. The van der Waals surface area contributed by atoms with E-state index in [-0.39, 0.29) is 6.20 Å². The first kappa shape index (κ1) is 12.7. The highest BCUT2D eigenvalue weighted by atomic mass is 35.7. The van der Waals surface area contributed by atoms with Gasteiger partial charge in [-0.2, -0.15) is 5.26 Å². The van der Waals surface area contributed by atoms with E-state index >= 15 is 0 Å². The minimum absolute atomic E-state index is 0.275. The molecule has 0 fully saturated rings. The van der Waals surface area contributed by atoms with E-state index in [0.29, 0.717) is 0 Å². The second-order valence-corrected chi connectivity index (χ2v) is 5.05. The maximum atomic E-state index is 13.1. The molecule has 4 nitrogen and oxygen atoms in total. The summed E-state index contributed by atoms with van der Waals surface area (Å²) in [5, 5.41) is 8.52. The Hall–Kier alpha value is -1.33. The van der Waals surface area contributed by atoms with E-state index < -0.39 is 37.4 Å². The summed E-state index contributed by atoms with van der Waals surface area (Å²) in [5.41, 5.74) is -2.20. The van der Waals surface area contributed by atoms with Crippen molar-refractivity contribution < 1.29 is 21.6 Å². The second-order valence-electron chi connectivity index (χ2n) is 2.55. The van der Waals surface area contributed by atoms with Gasteiger partial charge in [0.25, 0.3) is 15.5 Å². The fourth-order valence-corrected chi connectivity index (χ4v) is 2.13. The SMILES string of the molecule is N#Cc1c(C(F)F)ncc(F)c1S(=O)(=O)Cl. The largest absolute Gasteiger partial charge is 0.281 e. The van der Waals surface area contributed by atoms with Crippen LogP contribution in [-0.2, 0) is 9.05 Å². The summed E-state index contributed by atoms with van der Waals surface area (Å²) in [6.07, 6.45) is -2.93. The minimum Gasteiger partial charge on any atom is -0.251 e.